The van der Waals surface area contributed by atoms with Crippen LogP contribution in [0.15, 0.2) is 12.1 Å². The smallest absolute Gasteiger partial charge is 0.224 e. The number of phenols is 1. The van der Waals surface area contributed by atoms with Crippen LogP contribution in [-0.2, 0) is 11.2 Å². The topological polar surface area (TPSA) is 75.4 Å². The van der Waals surface area contributed by atoms with E-state index in [-0.39, 0.29) is 17.3 Å². The van der Waals surface area contributed by atoms with Gasteiger partial charge in [0.2, 0.25) is 5.91 Å². The molecular weight excluding hydrogens is 264 g/mol. The number of hydrogen-bond donors (Lipinski definition) is 3. The molecule has 21 heavy (non-hydrogen) atoms. The Balaban J connectivity index is 2.53. The molecule has 0 atom stereocenters. The van der Waals surface area contributed by atoms with Crippen LogP contribution in [0.4, 0.5) is 11.4 Å². The number of aryl methyl sites for hydroxylation is 1. The van der Waals surface area contributed by atoms with Gasteiger partial charge in [-0.15, -0.1) is 0 Å². The second-order valence-electron chi connectivity index (χ2n) is 5.45. The van der Waals surface area contributed by atoms with Gasteiger partial charge in [-0.05, 0) is 24.5 Å². The zero-order chi connectivity index (χ0) is 15.7. The van der Waals surface area contributed by atoms with Gasteiger partial charge in [-0.25, -0.2) is 0 Å². The highest BCUT2D eigenvalue weighted by molar-refractivity contribution is 5.94. The van der Waals surface area contributed by atoms with E-state index in [1.807, 2.05) is 6.07 Å². The molecule has 0 aliphatic rings. The van der Waals surface area contributed by atoms with Crippen molar-refractivity contribution in [3.8, 4) is 5.75 Å². The Labute approximate surface area is 127 Å². The van der Waals surface area contributed by atoms with Crippen LogP contribution in [0.5, 0.6) is 5.75 Å². The summed E-state index contributed by atoms with van der Waals surface area (Å²) in [7, 11) is 0. The van der Waals surface area contributed by atoms with E-state index in [0.717, 1.165) is 18.4 Å². The first-order chi connectivity index (χ1) is 10.1. The second kappa shape index (κ2) is 9.27. The standard InChI is InChI=1S/C17H28N2O2/c1-3-5-6-7-8-9-10-13-11-12-14(16(18)17(13)21)19-15(20)4-2/h11-12,21H,3-10,18H2,1-2H3,(H,19,20). The molecule has 0 heterocycles. The van der Waals surface area contributed by atoms with Crippen molar-refractivity contribution < 1.29 is 9.90 Å². The number of nitrogens with two attached hydrogens (primary N) is 1. The molecule has 0 spiro atoms. The first-order valence-corrected chi connectivity index (χ1v) is 8.00. The van der Waals surface area contributed by atoms with Gasteiger partial charge >= 0.3 is 0 Å². The number of carbonyl (C=O) groups excluding carboxylic acids is 1. The van der Waals surface area contributed by atoms with Crippen LogP contribution in [-0.4, -0.2) is 11.0 Å². The molecule has 4 heteroatoms. The number of unbranched alkanes of at least 4 members (excludes halogenated alkanes) is 5. The average molecular weight is 292 g/mol. The fraction of sp³-hybridized carbons (Fsp3) is 0.588. The summed E-state index contributed by atoms with van der Waals surface area (Å²) in [5.41, 5.74) is 7.51. The highest BCUT2D eigenvalue weighted by atomic mass is 16.3. The number of aromatic hydroxyl groups is 1. The van der Waals surface area contributed by atoms with Gasteiger partial charge in [-0.2, -0.15) is 0 Å². The second-order valence-corrected chi connectivity index (χ2v) is 5.45. The first kappa shape index (κ1) is 17.3. The van der Waals surface area contributed by atoms with E-state index in [9.17, 15) is 9.90 Å². The fourth-order valence-corrected chi connectivity index (χ4v) is 2.30. The number of rotatable bonds is 9. The van der Waals surface area contributed by atoms with Gasteiger partial charge in [0.25, 0.3) is 0 Å². The Morgan fingerprint density at radius 1 is 1.14 bits per heavy atom. The maximum Gasteiger partial charge on any atom is 0.224 e. The molecule has 0 fully saturated rings. The summed E-state index contributed by atoms with van der Waals surface area (Å²) in [4.78, 5) is 11.4. The van der Waals surface area contributed by atoms with E-state index in [2.05, 4.69) is 12.2 Å². The third kappa shape index (κ3) is 5.66. The Morgan fingerprint density at radius 3 is 2.48 bits per heavy atom. The Bertz CT molecular complexity index is 458. The third-order valence-corrected chi connectivity index (χ3v) is 3.70. The molecule has 0 aliphatic carbocycles. The summed E-state index contributed by atoms with van der Waals surface area (Å²) in [6.07, 6.45) is 8.52. The molecular formula is C17H28N2O2. The molecule has 118 valence electrons. The molecule has 4 N–H and O–H groups in total. The van der Waals surface area contributed by atoms with Gasteiger partial charge in [0.1, 0.15) is 5.75 Å². The average Bonchev–Trinajstić information content (AvgIpc) is 2.49. The Morgan fingerprint density at radius 2 is 1.81 bits per heavy atom. The van der Waals surface area contributed by atoms with Crippen molar-refractivity contribution in [3.05, 3.63) is 17.7 Å². The number of benzene rings is 1. The van der Waals surface area contributed by atoms with Crippen LogP contribution >= 0.6 is 0 Å². The van der Waals surface area contributed by atoms with Crippen molar-refractivity contribution in [1.29, 1.82) is 0 Å². The number of carbonyl (C=O) groups is 1. The lowest BCUT2D eigenvalue weighted by atomic mass is 10.0. The van der Waals surface area contributed by atoms with Crippen molar-refractivity contribution >= 4 is 17.3 Å². The lowest BCUT2D eigenvalue weighted by Gasteiger charge is -2.12. The van der Waals surface area contributed by atoms with E-state index in [0.29, 0.717) is 12.1 Å². The van der Waals surface area contributed by atoms with Gasteiger partial charge in [-0.1, -0.05) is 52.0 Å². The molecule has 0 aromatic heterocycles. The monoisotopic (exact) mass is 292 g/mol. The normalized spacial score (nSPS) is 10.6. The van der Waals surface area contributed by atoms with Gasteiger partial charge in [-0.3, -0.25) is 4.79 Å². The summed E-state index contributed by atoms with van der Waals surface area (Å²) in [5.74, 6) is 0.00207. The van der Waals surface area contributed by atoms with Crippen molar-refractivity contribution in [1.82, 2.24) is 0 Å². The number of anilines is 2. The third-order valence-electron chi connectivity index (χ3n) is 3.70. The fourth-order valence-electron chi connectivity index (χ4n) is 2.30. The highest BCUT2D eigenvalue weighted by Crippen LogP contribution is 2.33. The highest BCUT2D eigenvalue weighted by Gasteiger charge is 2.11. The van der Waals surface area contributed by atoms with Crippen LogP contribution in [0, 0.1) is 0 Å². The predicted octanol–water partition coefficient (Wildman–Crippen LogP) is 4.23. The Hall–Kier alpha value is -1.71. The molecule has 4 nitrogen and oxygen atoms in total. The largest absolute Gasteiger partial charge is 0.505 e. The first-order valence-electron chi connectivity index (χ1n) is 8.00. The number of nitrogen functional groups attached to an aromatic ring is 1. The van der Waals surface area contributed by atoms with Crippen LogP contribution in [0.2, 0.25) is 0 Å². The van der Waals surface area contributed by atoms with Crippen LogP contribution in [0.3, 0.4) is 0 Å². The summed E-state index contributed by atoms with van der Waals surface area (Å²) in [5, 5.41) is 12.8. The minimum Gasteiger partial charge on any atom is -0.505 e. The molecule has 0 unspecified atom stereocenters. The zero-order valence-corrected chi connectivity index (χ0v) is 13.2. The molecule has 1 aromatic carbocycles. The number of amides is 1. The number of nitrogens with one attached hydrogen (secondary N) is 1. The SMILES string of the molecule is CCCCCCCCc1ccc(NC(=O)CC)c(N)c1O. The van der Waals surface area contributed by atoms with Gasteiger partial charge in [0.15, 0.2) is 0 Å². The van der Waals surface area contributed by atoms with Crippen LogP contribution in [0.1, 0.15) is 64.4 Å². The van der Waals surface area contributed by atoms with Gasteiger partial charge < -0.3 is 16.2 Å². The van der Waals surface area contributed by atoms with E-state index >= 15 is 0 Å². The molecule has 0 radical (unpaired) electrons. The maximum absolute atomic E-state index is 11.4. The molecule has 0 aliphatic heterocycles. The van der Waals surface area contributed by atoms with Crippen molar-refractivity contribution in [3.63, 3.8) is 0 Å². The minimum absolute atomic E-state index is 0.107. The molecule has 0 saturated heterocycles. The molecule has 1 amide bonds. The molecule has 0 bridgehead atoms. The summed E-state index contributed by atoms with van der Waals surface area (Å²) in [6.45, 7) is 3.98. The van der Waals surface area contributed by atoms with Crippen LogP contribution < -0.4 is 11.1 Å². The van der Waals surface area contributed by atoms with E-state index in [1.165, 1.54) is 32.1 Å². The lowest BCUT2D eigenvalue weighted by Crippen LogP contribution is -2.11. The van der Waals surface area contributed by atoms with Gasteiger partial charge in [0, 0.05) is 6.42 Å². The minimum atomic E-state index is -0.107. The molecule has 1 rings (SSSR count). The summed E-state index contributed by atoms with van der Waals surface area (Å²) in [6, 6.07) is 3.62. The van der Waals surface area contributed by atoms with Gasteiger partial charge in [0.05, 0.1) is 11.4 Å². The summed E-state index contributed by atoms with van der Waals surface area (Å²) >= 11 is 0. The quantitative estimate of drug-likeness (QED) is 0.362. The zero-order valence-electron chi connectivity index (χ0n) is 13.2. The summed E-state index contributed by atoms with van der Waals surface area (Å²) < 4.78 is 0. The van der Waals surface area contributed by atoms with E-state index < -0.39 is 0 Å². The predicted molar refractivity (Wildman–Crippen MR) is 88.5 cm³/mol. The van der Waals surface area contributed by atoms with Crippen LogP contribution in [0.25, 0.3) is 0 Å². The number of hydrogen-bond acceptors (Lipinski definition) is 3. The van der Waals surface area contributed by atoms with E-state index in [4.69, 9.17) is 5.73 Å². The molecule has 1 aromatic rings. The number of phenolic OH excluding ortho intramolecular Hbond substituents is 1. The van der Waals surface area contributed by atoms with Crippen molar-refractivity contribution in [2.45, 2.75) is 65.2 Å². The van der Waals surface area contributed by atoms with E-state index in [1.54, 1.807) is 13.0 Å². The van der Waals surface area contributed by atoms with Crippen molar-refractivity contribution in [2.24, 2.45) is 0 Å². The Kier molecular flexibility index (Phi) is 7.65. The maximum atomic E-state index is 11.4. The lowest BCUT2D eigenvalue weighted by molar-refractivity contribution is -0.115. The molecule has 0 saturated carbocycles. The van der Waals surface area contributed by atoms with Crippen molar-refractivity contribution in [2.75, 3.05) is 11.1 Å².